The minimum absolute atomic E-state index is 0.00752. The number of nitrogens with zero attached hydrogens (tertiary/aromatic N) is 1. The van der Waals surface area contributed by atoms with Gasteiger partial charge in [-0.2, -0.15) is 0 Å². The van der Waals surface area contributed by atoms with Gasteiger partial charge in [-0.1, -0.05) is 140 Å². The van der Waals surface area contributed by atoms with Gasteiger partial charge in [0.15, 0.2) is 0 Å². The van der Waals surface area contributed by atoms with E-state index < -0.39 is 0 Å². The average Bonchev–Trinajstić information content (AvgIpc) is 3.21. The highest BCUT2D eigenvalue weighted by atomic mass is 16.1. The highest BCUT2D eigenvalue weighted by Crippen LogP contribution is 2.38. The van der Waals surface area contributed by atoms with Crippen molar-refractivity contribution in [2.75, 3.05) is 0 Å². The number of rotatable bonds is 4. The Balaban J connectivity index is 1.08. The van der Waals surface area contributed by atoms with Gasteiger partial charge in [-0.05, 0) is 120 Å². The fraction of sp³-hybridized carbons (Fsp3) is 0. The van der Waals surface area contributed by atoms with E-state index in [0.29, 0.717) is 5.39 Å². The lowest BCUT2D eigenvalue weighted by Gasteiger charge is -2.15. The van der Waals surface area contributed by atoms with Gasteiger partial charge in [-0.3, -0.25) is 9.36 Å². The topological polar surface area (TPSA) is 22.0 Å². The van der Waals surface area contributed by atoms with E-state index in [1.165, 1.54) is 49.0 Å². The standard InChI is InChI=1S/C49H31NO/c51-49-45-23-9-8-22-43(45)47-31-37(25-27-48(47)50(49)38-16-2-1-3-17-38)35-15-11-13-33(29-35)32-12-10-14-34(28-32)36-24-26-44-41-20-5-4-18-39(41)40-19-6-7-21-42(40)46(44)30-36/h1-31H. The zero-order valence-corrected chi connectivity index (χ0v) is 27.8. The van der Waals surface area contributed by atoms with Crippen LogP contribution in [0.4, 0.5) is 0 Å². The smallest absolute Gasteiger partial charge is 0.263 e. The maximum Gasteiger partial charge on any atom is 0.263 e. The van der Waals surface area contributed by atoms with E-state index in [4.69, 9.17) is 0 Å². The molecule has 0 amide bonds. The quantitative estimate of drug-likeness (QED) is 0.174. The van der Waals surface area contributed by atoms with E-state index in [1.54, 1.807) is 0 Å². The third kappa shape index (κ3) is 4.76. The first-order chi connectivity index (χ1) is 25.2. The zero-order chi connectivity index (χ0) is 33.9. The van der Waals surface area contributed by atoms with Crippen molar-refractivity contribution in [3.05, 3.63) is 198 Å². The van der Waals surface area contributed by atoms with Gasteiger partial charge in [0.1, 0.15) is 0 Å². The van der Waals surface area contributed by atoms with Crippen LogP contribution in [0.1, 0.15) is 0 Å². The van der Waals surface area contributed by atoms with Crippen molar-refractivity contribution in [3.63, 3.8) is 0 Å². The largest absolute Gasteiger partial charge is 0.276 e. The molecule has 10 rings (SSSR count). The maximum atomic E-state index is 13.8. The molecule has 238 valence electrons. The summed E-state index contributed by atoms with van der Waals surface area (Å²) in [5, 5.41) is 10.4. The molecule has 0 N–H and O–H groups in total. The predicted octanol–water partition coefficient (Wildman–Crippen LogP) is 12.6. The Kier molecular flexibility index (Phi) is 6.68. The van der Waals surface area contributed by atoms with Crippen molar-refractivity contribution in [3.8, 4) is 39.1 Å². The zero-order valence-electron chi connectivity index (χ0n) is 27.8. The third-order valence-corrected chi connectivity index (χ3v) is 10.4. The van der Waals surface area contributed by atoms with Gasteiger partial charge in [0.25, 0.3) is 5.56 Å². The van der Waals surface area contributed by atoms with Gasteiger partial charge in [-0.15, -0.1) is 0 Å². The summed E-state index contributed by atoms with van der Waals surface area (Å²) < 4.78 is 1.83. The molecule has 0 unspecified atom stereocenters. The minimum Gasteiger partial charge on any atom is -0.276 e. The van der Waals surface area contributed by atoms with Crippen LogP contribution in [0.2, 0.25) is 0 Å². The molecule has 0 radical (unpaired) electrons. The second kappa shape index (κ2) is 11.7. The van der Waals surface area contributed by atoms with E-state index in [1.807, 2.05) is 53.1 Å². The molecule has 0 atom stereocenters. The van der Waals surface area contributed by atoms with Crippen LogP contribution >= 0.6 is 0 Å². The first-order valence-corrected chi connectivity index (χ1v) is 17.4. The van der Waals surface area contributed by atoms with Crippen molar-refractivity contribution in [1.29, 1.82) is 0 Å². The average molecular weight is 650 g/mol. The van der Waals surface area contributed by atoms with Crippen LogP contribution in [0.3, 0.4) is 0 Å². The molecule has 0 saturated heterocycles. The lowest BCUT2D eigenvalue weighted by Crippen LogP contribution is -2.19. The Hall–Kier alpha value is -6.77. The van der Waals surface area contributed by atoms with Crippen molar-refractivity contribution >= 4 is 54.0 Å². The summed E-state index contributed by atoms with van der Waals surface area (Å²) in [6.45, 7) is 0. The van der Waals surface area contributed by atoms with Gasteiger partial charge in [0.05, 0.1) is 5.52 Å². The molecule has 0 fully saturated rings. The molecule has 10 aromatic rings. The Morgan fingerprint density at radius 2 is 0.667 bits per heavy atom. The van der Waals surface area contributed by atoms with Gasteiger partial charge >= 0.3 is 0 Å². The molecule has 1 aromatic heterocycles. The van der Waals surface area contributed by atoms with Crippen LogP contribution in [0.15, 0.2) is 193 Å². The van der Waals surface area contributed by atoms with Gasteiger partial charge in [0.2, 0.25) is 0 Å². The molecule has 0 aliphatic heterocycles. The van der Waals surface area contributed by atoms with E-state index in [9.17, 15) is 4.79 Å². The summed E-state index contributed by atoms with van der Waals surface area (Å²) in [7, 11) is 0. The van der Waals surface area contributed by atoms with E-state index in [-0.39, 0.29) is 5.56 Å². The van der Waals surface area contributed by atoms with Crippen LogP contribution in [0.25, 0.3) is 93.1 Å². The minimum atomic E-state index is -0.00752. The lowest BCUT2D eigenvalue weighted by atomic mass is 9.91. The second-order valence-corrected chi connectivity index (χ2v) is 13.3. The van der Waals surface area contributed by atoms with Gasteiger partial charge in [0, 0.05) is 16.5 Å². The summed E-state index contributed by atoms with van der Waals surface area (Å²) in [5.41, 5.74) is 8.71. The molecule has 2 nitrogen and oxygen atoms in total. The molecule has 0 spiro atoms. The summed E-state index contributed by atoms with van der Waals surface area (Å²) in [4.78, 5) is 13.8. The van der Waals surface area contributed by atoms with Crippen molar-refractivity contribution in [2.45, 2.75) is 0 Å². The van der Waals surface area contributed by atoms with Crippen LogP contribution in [0, 0.1) is 0 Å². The summed E-state index contributed by atoms with van der Waals surface area (Å²) >= 11 is 0. The van der Waals surface area contributed by atoms with Gasteiger partial charge < -0.3 is 0 Å². The molecule has 9 aromatic carbocycles. The Bertz CT molecular complexity index is 3010. The number of benzene rings is 9. The molecule has 2 heteroatoms. The highest BCUT2D eigenvalue weighted by Gasteiger charge is 2.14. The summed E-state index contributed by atoms with van der Waals surface area (Å²) in [6, 6.07) is 66.3. The molecule has 0 aliphatic rings. The molecular formula is C49H31NO. The molecule has 1 heterocycles. The number of pyridine rings is 1. The summed E-state index contributed by atoms with van der Waals surface area (Å²) in [6.07, 6.45) is 0. The first kappa shape index (κ1) is 29.2. The fourth-order valence-electron chi connectivity index (χ4n) is 7.94. The SMILES string of the molecule is O=c1c2ccccc2c2cc(-c3cccc(-c4cccc(-c5ccc6c7ccccc7c7ccccc7c6c5)c4)c3)ccc2n1-c1ccccc1. The summed E-state index contributed by atoms with van der Waals surface area (Å²) in [5.74, 6) is 0. The molecule has 0 aliphatic carbocycles. The molecule has 0 bridgehead atoms. The van der Waals surface area contributed by atoms with Crippen molar-refractivity contribution in [2.24, 2.45) is 0 Å². The second-order valence-electron chi connectivity index (χ2n) is 13.3. The van der Waals surface area contributed by atoms with Crippen LogP contribution in [-0.2, 0) is 0 Å². The molecule has 0 saturated carbocycles. The lowest BCUT2D eigenvalue weighted by molar-refractivity contribution is 1.06. The van der Waals surface area contributed by atoms with E-state index in [0.717, 1.165) is 38.7 Å². The monoisotopic (exact) mass is 649 g/mol. The Morgan fingerprint density at radius 3 is 1.22 bits per heavy atom. The van der Waals surface area contributed by atoms with Crippen molar-refractivity contribution < 1.29 is 0 Å². The Morgan fingerprint density at radius 1 is 0.275 bits per heavy atom. The van der Waals surface area contributed by atoms with Crippen molar-refractivity contribution in [1.82, 2.24) is 4.57 Å². The van der Waals surface area contributed by atoms with E-state index >= 15 is 0 Å². The van der Waals surface area contributed by atoms with Crippen LogP contribution in [-0.4, -0.2) is 4.57 Å². The fourth-order valence-corrected chi connectivity index (χ4v) is 7.94. The van der Waals surface area contributed by atoms with Crippen LogP contribution in [0.5, 0.6) is 0 Å². The third-order valence-electron chi connectivity index (χ3n) is 10.4. The highest BCUT2D eigenvalue weighted by molar-refractivity contribution is 6.25. The number of para-hydroxylation sites is 1. The number of hydrogen-bond donors (Lipinski definition) is 0. The number of fused-ring (bicyclic) bond motifs is 9. The number of hydrogen-bond acceptors (Lipinski definition) is 1. The van der Waals surface area contributed by atoms with Gasteiger partial charge in [-0.25, -0.2) is 0 Å². The van der Waals surface area contributed by atoms with E-state index in [2.05, 4.69) is 140 Å². The first-order valence-electron chi connectivity index (χ1n) is 17.4. The number of aromatic nitrogens is 1. The molecular weight excluding hydrogens is 619 g/mol. The maximum absolute atomic E-state index is 13.8. The molecule has 51 heavy (non-hydrogen) atoms. The normalized spacial score (nSPS) is 11.6. The Labute approximate surface area is 295 Å². The van der Waals surface area contributed by atoms with Crippen LogP contribution < -0.4 is 5.56 Å². The predicted molar refractivity (Wildman–Crippen MR) is 216 cm³/mol.